The highest BCUT2D eigenvalue weighted by Crippen LogP contribution is 2.43. The van der Waals surface area contributed by atoms with Crippen molar-refractivity contribution in [2.45, 2.75) is 40.0 Å². The van der Waals surface area contributed by atoms with E-state index in [1.807, 2.05) is 6.92 Å². The zero-order valence-corrected chi connectivity index (χ0v) is 19.8. The number of aromatic carboxylic acids is 1. The first kappa shape index (κ1) is 24.8. The van der Waals surface area contributed by atoms with Crippen molar-refractivity contribution in [3.63, 3.8) is 0 Å². The Kier molecular flexibility index (Phi) is 9.00. The van der Waals surface area contributed by atoms with Crippen molar-refractivity contribution in [1.82, 2.24) is 4.98 Å². The van der Waals surface area contributed by atoms with Crippen molar-refractivity contribution in [2.75, 3.05) is 44.1 Å². The molecule has 2 aromatic heterocycles. The number of anilines is 2. The number of hydrogen-bond acceptors (Lipinski definition) is 7. The van der Waals surface area contributed by atoms with Gasteiger partial charge < -0.3 is 20.1 Å². The Balaban J connectivity index is 0.000000221. The molecule has 0 radical (unpaired) electrons. The molecule has 170 valence electrons. The maximum atomic E-state index is 11.3. The maximum absolute atomic E-state index is 11.3. The molecule has 0 aliphatic heterocycles. The average Bonchev–Trinajstić information content (AvgIpc) is 3.11. The number of ether oxygens (including phenoxy) is 1. The monoisotopic (exact) mass is 447 g/mol. The highest BCUT2D eigenvalue weighted by Gasteiger charge is 2.32. The number of carbonyl (C=O) groups is 2. The lowest BCUT2D eigenvalue weighted by atomic mass is 9.76. The van der Waals surface area contributed by atoms with Crippen LogP contribution in [0.15, 0.2) is 18.3 Å². The van der Waals surface area contributed by atoms with Gasteiger partial charge in [0.25, 0.3) is 0 Å². The van der Waals surface area contributed by atoms with Crippen molar-refractivity contribution in [1.29, 1.82) is 0 Å². The molecular weight excluding hydrogens is 414 g/mol. The molecule has 0 saturated carbocycles. The zero-order chi connectivity index (χ0) is 23.0. The summed E-state index contributed by atoms with van der Waals surface area (Å²) in [6.45, 7) is 8.74. The fourth-order valence-corrected chi connectivity index (χ4v) is 4.80. The van der Waals surface area contributed by atoms with Gasteiger partial charge in [0.05, 0.1) is 12.2 Å². The van der Waals surface area contributed by atoms with E-state index in [-0.39, 0.29) is 5.41 Å². The van der Waals surface area contributed by atoms with Gasteiger partial charge >= 0.3 is 5.97 Å². The third-order valence-corrected chi connectivity index (χ3v) is 6.70. The van der Waals surface area contributed by atoms with Gasteiger partial charge in [-0.05, 0) is 49.3 Å². The van der Waals surface area contributed by atoms with Crippen LogP contribution >= 0.6 is 11.3 Å². The molecule has 0 bridgehead atoms. The summed E-state index contributed by atoms with van der Waals surface area (Å²) < 4.78 is 5.01. The van der Waals surface area contributed by atoms with E-state index in [2.05, 4.69) is 29.0 Å². The molecule has 1 aliphatic carbocycles. The third kappa shape index (κ3) is 6.51. The van der Waals surface area contributed by atoms with Gasteiger partial charge in [0.1, 0.15) is 17.1 Å². The number of fused-ring (bicyclic) bond motifs is 1. The van der Waals surface area contributed by atoms with Gasteiger partial charge in [0.15, 0.2) is 0 Å². The van der Waals surface area contributed by atoms with Crippen molar-refractivity contribution in [3.05, 3.63) is 39.9 Å². The second-order valence-corrected chi connectivity index (χ2v) is 9.35. The number of carboxylic acid groups (broad SMARTS) is 1. The van der Waals surface area contributed by atoms with Gasteiger partial charge in [-0.2, -0.15) is 0 Å². The number of thiophene rings is 1. The van der Waals surface area contributed by atoms with Crippen molar-refractivity contribution in [3.8, 4) is 0 Å². The number of nitrogens with one attached hydrogen (secondary N) is 1. The first-order valence-electron chi connectivity index (χ1n) is 10.5. The van der Waals surface area contributed by atoms with E-state index < -0.39 is 5.97 Å². The third-order valence-electron chi connectivity index (χ3n) is 5.39. The van der Waals surface area contributed by atoms with E-state index in [0.29, 0.717) is 17.7 Å². The van der Waals surface area contributed by atoms with E-state index in [0.717, 1.165) is 55.0 Å². The first-order valence-corrected chi connectivity index (χ1v) is 11.3. The Morgan fingerprint density at radius 1 is 1.45 bits per heavy atom. The summed E-state index contributed by atoms with van der Waals surface area (Å²) in [4.78, 5) is 29.4. The van der Waals surface area contributed by atoms with Crippen LogP contribution in [0.4, 0.5) is 10.8 Å². The van der Waals surface area contributed by atoms with Gasteiger partial charge in [-0.25, -0.2) is 9.78 Å². The highest BCUT2D eigenvalue weighted by molar-refractivity contribution is 7.16. The van der Waals surface area contributed by atoms with Crippen molar-refractivity contribution < 1.29 is 19.4 Å². The van der Waals surface area contributed by atoms with E-state index in [1.54, 1.807) is 43.8 Å². The van der Waals surface area contributed by atoms with Crippen LogP contribution in [0.25, 0.3) is 0 Å². The van der Waals surface area contributed by atoms with Crippen molar-refractivity contribution >= 4 is 34.4 Å². The van der Waals surface area contributed by atoms with Crippen LogP contribution < -0.4 is 10.2 Å². The molecule has 2 N–H and O–H groups in total. The summed E-state index contributed by atoms with van der Waals surface area (Å²) in [6, 6.07) is 3.48. The number of likely N-dealkylation sites (N-methyl/N-ethyl adjacent to an activating group) is 1. The minimum absolute atomic E-state index is 0.225. The number of pyridine rings is 1. The van der Waals surface area contributed by atoms with Crippen LogP contribution in [0, 0.1) is 5.41 Å². The number of carbonyl (C=O) groups excluding carboxylic acids is 1. The number of nitrogens with zero attached hydrogens (tertiary/aromatic N) is 2. The molecule has 2 aromatic rings. The summed E-state index contributed by atoms with van der Waals surface area (Å²) in [5.74, 6) is 0.0127. The molecule has 0 unspecified atom stereocenters. The molecule has 7 nitrogen and oxygen atoms in total. The normalized spacial score (nSPS) is 14.1. The number of aldehydes is 1. The smallest absolute Gasteiger partial charge is 0.338 e. The molecule has 0 atom stereocenters. The second kappa shape index (κ2) is 11.2. The van der Waals surface area contributed by atoms with Crippen molar-refractivity contribution in [2.24, 2.45) is 5.41 Å². The van der Waals surface area contributed by atoms with Gasteiger partial charge in [-0.1, -0.05) is 13.8 Å². The van der Waals surface area contributed by atoms with Gasteiger partial charge in [0, 0.05) is 43.9 Å². The summed E-state index contributed by atoms with van der Waals surface area (Å²) in [7, 11) is 3.46. The Labute approximate surface area is 188 Å². The fraction of sp³-hybridized carbons (Fsp3) is 0.522. The molecule has 3 rings (SSSR count). The molecule has 31 heavy (non-hydrogen) atoms. The van der Waals surface area contributed by atoms with Crippen LogP contribution in [0.5, 0.6) is 0 Å². The first-order chi connectivity index (χ1) is 14.8. The number of carboxylic acids is 1. The molecule has 0 amide bonds. The standard InChI is InChI=1S/C12H17NO2S.C11H16N2O2/c1-12(2)5-4-8-7(6-12)9(11(14)15)10(13-3)16-8;1-3-13(6-7-15-2)11-8-10(9-14)4-5-12-11/h13H,4-6H2,1-3H3,(H,14,15);4-5,8-9H,3,6-7H2,1-2H3. The number of aromatic nitrogens is 1. The summed E-state index contributed by atoms with van der Waals surface area (Å²) in [6.07, 6.45) is 5.50. The Hall–Kier alpha value is -2.45. The van der Waals surface area contributed by atoms with E-state index in [1.165, 1.54) is 4.88 Å². The molecule has 0 aromatic carbocycles. The highest BCUT2D eigenvalue weighted by atomic mass is 32.1. The van der Waals surface area contributed by atoms with Crippen LogP contribution in [-0.4, -0.2) is 56.2 Å². The van der Waals surface area contributed by atoms with E-state index in [4.69, 9.17) is 4.74 Å². The summed E-state index contributed by atoms with van der Waals surface area (Å²) in [5, 5.41) is 13.1. The lowest BCUT2D eigenvalue weighted by Crippen LogP contribution is -2.27. The Morgan fingerprint density at radius 2 is 2.19 bits per heavy atom. The van der Waals surface area contributed by atoms with Gasteiger partial charge in [-0.15, -0.1) is 11.3 Å². The largest absolute Gasteiger partial charge is 0.478 e. The van der Waals surface area contributed by atoms with E-state index >= 15 is 0 Å². The zero-order valence-electron chi connectivity index (χ0n) is 19.0. The van der Waals surface area contributed by atoms with Gasteiger partial charge in [-0.3, -0.25) is 4.79 Å². The van der Waals surface area contributed by atoms with E-state index in [9.17, 15) is 14.7 Å². The maximum Gasteiger partial charge on any atom is 0.338 e. The lowest BCUT2D eigenvalue weighted by molar-refractivity contribution is 0.0696. The number of hydrogen-bond donors (Lipinski definition) is 2. The quantitative estimate of drug-likeness (QED) is 0.581. The summed E-state index contributed by atoms with van der Waals surface area (Å²) in [5.41, 5.74) is 2.42. The minimum Gasteiger partial charge on any atom is -0.478 e. The molecule has 1 aliphatic rings. The van der Waals surface area contributed by atoms with Crippen LogP contribution in [-0.2, 0) is 17.6 Å². The molecule has 2 heterocycles. The topological polar surface area (TPSA) is 91.8 Å². The predicted molar refractivity (Wildman–Crippen MR) is 126 cm³/mol. The number of aryl methyl sites for hydroxylation is 1. The molecule has 0 fully saturated rings. The fourth-order valence-electron chi connectivity index (χ4n) is 3.64. The minimum atomic E-state index is -0.806. The van der Waals surface area contributed by atoms with Crippen LogP contribution in [0.1, 0.15) is 58.3 Å². The predicted octanol–water partition coefficient (Wildman–Crippen LogP) is 4.37. The lowest BCUT2D eigenvalue weighted by Gasteiger charge is -2.29. The molecular formula is C23H33N3O4S. The molecule has 8 heteroatoms. The average molecular weight is 448 g/mol. The summed E-state index contributed by atoms with van der Waals surface area (Å²) >= 11 is 1.60. The Bertz CT molecular complexity index is 895. The van der Waals surface area contributed by atoms with Crippen LogP contribution in [0.2, 0.25) is 0 Å². The molecule has 0 spiro atoms. The number of methoxy groups -OCH3 is 1. The number of rotatable bonds is 8. The second-order valence-electron chi connectivity index (χ2n) is 8.24. The van der Waals surface area contributed by atoms with Gasteiger partial charge in [0.2, 0.25) is 0 Å². The Morgan fingerprint density at radius 3 is 2.77 bits per heavy atom. The van der Waals surface area contributed by atoms with Crippen LogP contribution in [0.3, 0.4) is 0 Å². The molecule has 0 saturated heterocycles. The SMILES string of the molecule is CCN(CCOC)c1cc(C=O)ccn1.CNc1sc2c(c1C(=O)O)CC(C)(C)CC2.